The van der Waals surface area contributed by atoms with E-state index in [1.54, 1.807) is 0 Å². The van der Waals surface area contributed by atoms with Gasteiger partial charge in [-0.15, -0.1) is 0 Å². The van der Waals surface area contributed by atoms with E-state index < -0.39 is 6.10 Å². The van der Waals surface area contributed by atoms with Crippen molar-refractivity contribution >= 4 is 11.6 Å². The predicted octanol–water partition coefficient (Wildman–Crippen LogP) is 3.31. The summed E-state index contributed by atoms with van der Waals surface area (Å²) in [6.45, 7) is 2.16. The van der Waals surface area contributed by atoms with Gasteiger partial charge >= 0.3 is 0 Å². The Hall–Kier alpha value is -3.06. The number of hydrogen-bond acceptors (Lipinski definition) is 6. The van der Waals surface area contributed by atoms with Gasteiger partial charge in [-0.3, -0.25) is 4.79 Å². The highest BCUT2D eigenvalue weighted by Crippen LogP contribution is 2.33. The molecule has 0 saturated carbocycles. The van der Waals surface area contributed by atoms with E-state index in [1.807, 2.05) is 41.3 Å². The van der Waals surface area contributed by atoms with Gasteiger partial charge in [0.2, 0.25) is 12.9 Å². The molecule has 1 amide bonds. The number of oxime groups is 1. The molecular formula is C24H26N2O5. The molecule has 3 heterocycles. The Bertz CT molecular complexity index is 962. The number of likely N-dealkylation sites (tertiary alicyclic amines) is 1. The molecule has 5 rings (SSSR count). The van der Waals surface area contributed by atoms with Gasteiger partial charge in [0.1, 0.15) is 0 Å². The van der Waals surface area contributed by atoms with E-state index in [2.05, 4.69) is 17.3 Å². The average molecular weight is 422 g/mol. The molecule has 0 spiro atoms. The first-order valence-corrected chi connectivity index (χ1v) is 10.8. The minimum Gasteiger partial charge on any atom is -0.454 e. The average Bonchev–Trinajstić information content (AvgIpc) is 3.47. The van der Waals surface area contributed by atoms with E-state index in [-0.39, 0.29) is 18.8 Å². The normalized spacial score (nSPS) is 22.2. The molecule has 0 aromatic heterocycles. The van der Waals surface area contributed by atoms with Gasteiger partial charge in [-0.2, -0.15) is 0 Å². The zero-order valence-corrected chi connectivity index (χ0v) is 17.4. The van der Waals surface area contributed by atoms with Crippen molar-refractivity contribution in [2.45, 2.75) is 44.5 Å². The van der Waals surface area contributed by atoms with E-state index in [9.17, 15) is 4.79 Å². The molecule has 0 N–H and O–H groups in total. The second-order valence-electron chi connectivity index (χ2n) is 8.17. The summed E-state index contributed by atoms with van der Waals surface area (Å²) in [6, 6.07) is 16.0. The number of carbonyl (C=O) groups is 1. The number of piperidine rings is 1. The molecule has 0 radical (unpaired) electrons. The van der Waals surface area contributed by atoms with Crippen molar-refractivity contribution in [3.8, 4) is 11.5 Å². The molecule has 3 aliphatic heterocycles. The third-order valence-corrected chi connectivity index (χ3v) is 5.87. The van der Waals surface area contributed by atoms with E-state index in [4.69, 9.17) is 19.0 Å². The van der Waals surface area contributed by atoms with Gasteiger partial charge in [0.15, 0.2) is 11.5 Å². The summed E-state index contributed by atoms with van der Waals surface area (Å²) in [5, 5.41) is 4.18. The summed E-state index contributed by atoms with van der Waals surface area (Å²) in [4.78, 5) is 20.4. The van der Waals surface area contributed by atoms with Gasteiger partial charge in [0, 0.05) is 25.9 Å². The Morgan fingerprint density at radius 3 is 2.87 bits per heavy atom. The third-order valence-electron chi connectivity index (χ3n) is 5.87. The smallest absolute Gasteiger partial charge is 0.266 e. The maximum Gasteiger partial charge on any atom is 0.266 e. The SMILES string of the molecule is O=C([C@H]1CC(Cc2ccc3c(c2)OCO3)=NO1)N1CCC[C@H](OCc2ccccc2)C1. The van der Waals surface area contributed by atoms with E-state index >= 15 is 0 Å². The molecule has 2 aromatic rings. The van der Waals surface area contributed by atoms with Gasteiger partial charge in [0.05, 0.1) is 18.4 Å². The molecule has 7 heteroatoms. The molecular weight excluding hydrogens is 396 g/mol. The van der Waals surface area contributed by atoms with Crippen LogP contribution in [0.3, 0.4) is 0 Å². The summed E-state index contributed by atoms with van der Waals surface area (Å²) in [7, 11) is 0. The fourth-order valence-electron chi connectivity index (χ4n) is 4.22. The fourth-order valence-corrected chi connectivity index (χ4v) is 4.22. The highest BCUT2D eigenvalue weighted by atomic mass is 16.7. The van der Waals surface area contributed by atoms with Gasteiger partial charge in [0.25, 0.3) is 5.91 Å². The summed E-state index contributed by atoms with van der Waals surface area (Å²) in [5.41, 5.74) is 3.07. The van der Waals surface area contributed by atoms with Gasteiger partial charge < -0.3 is 23.9 Å². The molecule has 1 fully saturated rings. The summed E-state index contributed by atoms with van der Waals surface area (Å²) in [5.74, 6) is 1.51. The zero-order valence-electron chi connectivity index (χ0n) is 17.4. The van der Waals surface area contributed by atoms with E-state index in [0.717, 1.165) is 47.7 Å². The lowest BCUT2D eigenvalue weighted by molar-refractivity contribution is -0.146. The lowest BCUT2D eigenvalue weighted by Gasteiger charge is -2.33. The molecule has 7 nitrogen and oxygen atoms in total. The van der Waals surface area contributed by atoms with E-state index in [0.29, 0.717) is 26.0 Å². The van der Waals surface area contributed by atoms with Crippen LogP contribution in [0.2, 0.25) is 0 Å². The Balaban J connectivity index is 1.12. The number of nitrogens with zero attached hydrogens (tertiary/aromatic N) is 2. The first-order chi connectivity index (χ1) is 15.2. The van der Waals surface area contributed by atoms with Crippen molar-refractivity contribution in [1.29, 1.82) is 0 Å². The maximum absolute atomic E-state index is 13.0. The Morgan fingerprint density at radius 2 is 1.97 bits per heavy atom. The standard InChI is InChI=1S/C24H26N2O5/c27-24(26-10-4-7-20(14-26)28-15-17-5-2-1-3-6-17)23-13-19(25-31-23)11-18-8-9-21-22(12-18)30-16-29-21/h1-3,5-6,8-9,12,20,23H,4,7,10-11,13-16H2/t20-,23+/m0/s1. The summed E-state index contributed by atoms with van der Waals surface area (Å²) >= 11 is 0. The molecule has 0 unspecified atom stereocenters. The van der Waals surface area contributed by atoms with Crippen LogP contribution in [-0.2, 0) is 27.4 Å². The number of carbonyl (C=O) groups excluding carboxylic acids is 1. The van der Waals surface area contributed by atoms with Crippen LogP contribution in [0.5, 0.6) is 11.5 Å². The van der Waals surface area contributed by atoms with Crippen LogP contribution < -0.4 is 9.47 Å². The van der Waals surface area contributed by atoms with Crippen molar-refractivity contribution in [2.24, 2.45) is 5.16 Å². The minimum absolute atomic E-state index is 0.00236. The first-order valence-electron chi connectivity index (χ1n) is 10.8. The van der Waals surface area contributed by atoms with Crippen LogP contribution in [-0.4, -0.2) is 48.6 Å². The van der Waals surface area contributed by atoms with Crippen molar-refractivity contribution in [1.82, 2.24) is 4.90 Å². The van der Waals surface area contributed by atoms with Crippen LogP contribution in [0.1, 0.15) is 30.4 Å². The van der Waals surface area contributed by atoms with Crippen molar-refractivity contribution in [3.63, 3.8) is 0 Å². The highest BCUT2D eigenvalue weighted by Gasteiger charge is 2.34. The molecule has 0 bridgehead atoms. The van der Waals surface area contributed by atoms with Crippen LogP contribution in [0.25, 0.3) is 0 Å². The van der Waals surface area contributed by atoms with Gasteiger partial charge in [-0.1, -0.05) is 41.6 Å². The molecule has 2 atom stereocenters. The molecule has 2 aromatic carbocycles. The Labute approximate surface area is 181 Å². The first kappa shape index (κ1) is 19.9. The van der Waals surface area contributed by atoms with Crippen molar-refractivity contribution < 1.29 is 23.8 Å². The molecule has 162 valence electrons. The molecule has 0 aliphatic carbocycles. The summed E-state index contributed by atoms with van der Waals surface area (Å²) < 4.78 is 16.9. The quantitative estimate of drug-likeness (QED) is 0.714. The summed E-state index contributed by atoms with van der Waals surface area (Å²) in [6.07, 6.45) is 2.55. The second-order valence-corrected chi connectivity index (χ2v) is 8.17. The predicted molar refractivity (Wildman–Crippen MR) is 114 cm³/mol. The Kier molecular flexibility index (Phi) is 5.76. The number of rotatable bonds is 6. The number of fused-ring (bicyclic) bond motifs is 1. The van der Waals surface area contributed by atoms with Crippen molar-refractivity contribution in [3.05, 3.63) is 59.7 Å². The van der Waals surface area contributed by atoms with Crippen LogP contribution in [0.15, 0.2) is 53.7 Å². The van der Waals surface area contributed by atoms with Gasteiger partial charge in [-0.25, -0.2) is 0 Å². The van der Waals surface area contributed by atoms with Crippen LogP contribution >= 0.6 is 0 Å². The van der Waals surface area contributed by atoms with Crippen molar-refractivity contribution in [2.75, 3.05) is 19.9 Å². The number of amides is 1. The third kappa shape index (κ3) is 4.66. The lowest BCUT2D eigenvalue weighted by atomic mass is 10.0. The maximum atomic E-state index is 13.0. The molecule has 1 saturated heterocycles. The zero-order chi connectivity index (χ0) is 21.0. The number of ether oxygens (including phenoxy) is 3. The monoisotopic (exact) mass is 422 g/mol. The minimum atomic E-state index is -0.545. The Morgan fingerprint density at radius 1 is 1.10 bits per heavy atom. The fraction of sp³-hybridized carbons (Fsp3) is 0.417. The molecule has 3 aliphatic rings. The van der Waals surface area contributed by atoms with Crippen LogP contribution in [0, 0.1) is 0 Å². The largest absolute Gasteiger partial charge is 0.454 e. The second kappa shape index (κ2) is 8.98. The van der Waals surface area contributed by atoms with E-state index in [1.165, 1.54) is 0 Å². The lowest BCUT2D eigenvalue weighted by Crippen LogP contribution is -2.47. The highest BCUT2D eigenvalue weighted by molar-refractivity contribution is 5.94. The molecule has 31 heavy (non-hydrogen) atoms. The van der Waals surface area contributed by atoms with Gasteiger partial charge in [-0.05, 0) is 36.1 Å². The number of benzene rings is 2. The van der Waals surface area contributed by atoms with Crippen LogP contribution in [0.4, 0.5) is 0 Å². The topological polar surface area (TPSA) is 69.6 Å². The number of hydrogen-bond donors (Lipinski definition) is 0.